The highest BCUT2D eigenvalue weighted by atomic mass is 16.5. The number of allylic oxidation sites excluding steroid dienone is 2. The Hall–Kier alpha value is -1.62. The predicted octanol–water partition coefficient (Wildman–Crippen LogP) is 4.89. The Kier molecular flexibility index (Phi) is 6.81. The molecule has 3 rings (SSSR count). The summed E-state index contributed by atoms with van der Waals surface area (Å²) in [6.45, 7) is 8.20. The Labute approximate surface area is 180 Å². The number of aliphatic carboxylic acids is 1. The summed E-state index contributed by atoms with van der Waals surface area (Å²) in [5, 5.41) is 20.4. The van der Waals surface area contributed by atoms with Crippen LogP contribution in [0.5, 0.6) is 0 Å². The van der Waals surface area contributed by atoms with Gasteiger partial charge in [-0.1, -0.05) is 59.5 Å². The molecule has 5 heteroatoms. The molecule has 5 nitrogen and oxygen atoms in total. The van der Waals surface area contributed by atoms with E-state index in [1.165, 1.54) is 19.3 Å². The summed E-state index contributed by atoms with van der Waals surface area (Å²) < 4.78 is 5.77. The van der Waals surface area contributed by atoms with Gasteiger partial charge in [-0.25, -0.2) is 4.79 Å². The van der Waals surface area contributed by atoms with Gasteiger partial charge in [-0.05, 0) is 47.7 Å². The lowest BCUT2D eigenvalue weighted by molar-refractivity contribution is -0.170. The molecular weight excluding hydrogens is 380 g/mol. The van der Waals surface area contributed by atoms with Crippen LogP contribution in [0, 0.1) is 28.6 Å². The van der Waals surface area contributed by atoms with Gasteiger partial charge < -0.3 is 14.9 Å². The second-order valence-corrected chi connectivity index (χ2v) is 10.4. The van der Waals surface area contributed by atoms with Crippen molar-refractivity contribution in [2.24, 2.45) is 28.6 Å². The number of fused-ring (bicyclic) bond motifs is 2. The zero-order valence-electron chi connectivity index (χ0n) is 18.9. The molecule has 0 aromatic carbocycles. The molecule has 0 spiro atoms. The van der Waals surface area contributed by atoms with Gasteiger partial charge in [0.1, 0.15) is 11.5 Å². The molecule has 5 atom stereocenters. The summed E-state index contributed by atoms with van der Waals surface area (Å²) in [5.41, 5.74) is 0.499. The fraction of sp³-hybridized carbons (Fsp3) is 0.760. The van der Waals surface area contributed by atoms with Crippen LogP contribution < -0.4 is 0 Å². The smallest absolute Gasteiger partial charge is 0.341 e. The molecule has 0 aromatic heterocycles. The largest absolute Gasteiger partial charge is 0.486 e. The number of rotatable bonds is 10. The zero-order valence-corrected chi connectivity index (χ0v) is 18.9. The van der Waals surface area contributed by atoms with Gasteiger partial charge in [0, 0.05) is 12.3 Å². The molecule has 2 bridgehead atoms. The van der Waals surface area contributed by atoms with Crippen LogP contribution in [0.25, 0.3) is 0 Å². The van der Waals surface area contributed by atoms with Crippen LogP contribution in [0.2, 0.25) is 0 Å². The van der Waals surface area contributed by atoms with E-state index in [0.29, 0.717) is 18.1 Å². The molecule has 0 saturated heterocycles. The molecule has 0 radical (unpaired) electrons. The lowest BCUT2D eigenvalue weighted by Crippen LogP contribution is -2.61. The zero-order chi connectivity index (χ0) is 22.1. The number of carboxylic acid groups (broad SMARTS) is 1. The van der Waals surface area contributed by atoms with E-state index >= 15 is 0 Å². The lowest BCUT2D eigenvalue weighted by Gasteiger charge is -2.61. The van der Waals surface area contributed by atoms with Crippen molar-refractivity contribution < 1.29 is 24.5 Å². The summed E-state index contributed by atoms with van der Waals surface area (Å²) in [7, 11) is 0. The molecule has 0 aliphatic heterocycles. The van der Waals surface area contributed by atoms with E-state index in [4.69, 9.17) is 4.74 Å². The van der Waals surface area contributed by atoms with Gasteiger partial charge in [0.15, 0.2) is 6.61 Å². The highest BCUT2D eigenvalue weighted by molar-refractivity contribution is 5.84. The van der Waals surface area contributed by atoms with Gasteiger partial charge in [-0.2, -0.15) is 0 Å². The van der Waals surface area contributed by atoms with Crippen molar-refractivity contribution >= 4 is 11.8 Å². The number of hydrogen-bond acceptors (Lipinski definition) is 4. The molecule has 0 amide bonds. The minimum absolute atomic E-state index is 0.0651. The number of aliphatic hydroxyl groups excluding tert-OH is 1. The van der Waals surface area contributed by atoms with E-state index in [9.17, 15) is 19.8 Å². The minimum Gasteiger partial charge on any atom is -0.486 e. The molecule has 2 saturated carbocycles. The summed E-state index contributed by atoms with van der Waals surface area (Å²) in [5.74, 6) is -0.288. The lowest BCUT2D eigenvalue weighted by atomic mass is 9.42. The first kappa shape index (κ1) is 23.1. The van der Waals surface area contributed by atoms with E-state index in [1.807, 2.05) is 12.2 Å². The van der Waals surface area contributed by atoms with Crippen LogP contribution in [0.1, 0.15) is 79.1 Å². The molecule has 3 aliphatic carbocycles. The van der Waals surface area contributed by atoms with E-state index in [2.05, 4.69) is 27.7 Å². The number of carboxylic acids is 1. The van der Waals surface area contributed by atoms with Crippen molar-refractivity contribution in [1.29, 1.82) is 0 Å². The summed E-state index contributed by atoms with van der Waals surface area (Å²) in [6, 6.07) is 0. The number of unbranched alkanes of at least 4 members (excludes halogenated alkanes) is 3. The first-order chi connectivity index (χ1) is 14.1. The van der Waals surface area contributed by atoms with Crippen LogP contribution >= 0.6 is 0 Å². The van der Waals surface area contributed by atoms with E-state index in [-0.39, 0.29) is 28.4 Å². The molecule has 4 unspecified atom stereocenters. The quantitative estimate of drug-likeness (QED) is 0.494. The first-order valence-corrected chi connectivity index (χ1v) is 11.6. The fourth-order valence-corrected chi connectivity index (χ4v) is 6.03. The SMILES string of the molecule is CCCCCCC(C)(C)C1=CC(O)C([C@@]2(C)C3CCC(=O)C2C3)C(OCC(=O)O)=C1. The van der Waals surface area contributed by atoms with Crippen LogP contribution in [-0.4, -0.2) is 34.7 Å². The molecule has 2 fully saturated rings. The van der Waals surface area contributed by atoms with Crippen molar-refractivity contribution in [2.75, 3.05) is 6.61 Å². The Morgan fingerprint density at radius 1 is 1.30 bits per heavy atom. The average molecular weight is 419 g/mol. The Morgan fingerprint density at radius 2 is 2.03 bits per heavy atom. The predicted molar refractivity (Wildman–Crippen MR) is 116 cm³/mol. The third-order valence-corrected chi connectivity index (χ3v) is 8.04. The van der Waals surface area contributed by atoms with Crippen LogP contribution in [0.15, 0.2) is 23.5 Å². The number of ketones is 1. The summed E-state index contributed by atoms with van der Waals surface area (Å²) >= 11 is 0. The number of aliphatic hydroxyl groups is 1. The van der Waals surface area contributed by atoms with E-state index in [0.717, 1.165) is 31.3 Å². The van der Waals surface area contributed by atoms with Gasteiger partial charge in [0.2, 0.25) is 0 Å². The minimum atomic E-state index is -1.03. The number of Topliss-reactive ketones (excluding diaryl/α,β-unsaturated/α-hetero) is 1. The molecule has 0 heterocycles. The maximum Gasteiger partial charge on any atom is 0.341 e. The monoisotopic (exact) mass is 418 g/mol. The number of hydrogen-bond donors (Lipinski definition) is 2. The van der Waals surface area contributed by atoms with Gasteiger partial charge in [-0.3, -0.25) is 4.79 Å². The number of carbonyl (C=O) groups is 2. The maximum atomic E-state index is 12.5. The van der Waals surface area contributed by atoms with E-state index in [1.54, 1.807) is 0 Å². The Balaban J connectivity index is 1.86. The van der Waals surface area contributed by atoms with Gasteiger partial charge in [0.05, 0.1) is 12.0 Å². The third kappa shape index (κ3) is 4.23. The number of carbonyl (C=O) groups excluding carboxylic acids is 1. The van der Waals surface area contributed by atoms with Crippen LogP contribution in [-0.2, 0) is 14.3 Å². The van der Waals surface area contributed by atoms with Gasteiger partial charge >= 0.3 is 5.97 Å². The molecule has 3 aliphatic rings. The van der Waals surface area contributed by atoms with Gasteiger partial charge in [0.25, 0.3) is 0 Å². The second kappa shape index (κ2) is 8.86. The Morgan fingerprint density at radius 3 is 2.63 bits per heavy atom. The average Bonchev–Trinajstić information content (AvgIpc) is 2.68. The van der Waals surface area contributed by atoms with Crippen molar-refractivity contribution in [3.63, 3.8) is 0 Å². The highest BCUT2D eigenvalue weighted by Crippen LogP contribution is 2.64. The Bertz CT molecular complexity index is 732. The van der Waals surface area contributed by atoms with Crippen molar-refractivity contribution in [2.45, 2.75) is 85.2 Å². The van der Waals surface area contributed by atoms with Crippen LogP contribution in [0.3, 0.4) is 0 Å². The second-order valence-electron chi connectivity index (χ2n) is 10.4. The summed E-state index contributed by atoms with van der Waals surface area (Å²) in [6.07, 6.45) is 11.2. The number of ether oxygens (including phenoxy) is 1. The van der Waals surface area contributed by atoms with Crippen molar-refractivity contribution in [1.82, 2.24) is 0 Å². The molecule has 0 aromatic rings. The van der Waals surface area contributed by atoms with Crippen molar-refractivity contribution in [3.05, 3.63) is 23.5 Å². The maximum absolute atomic E-state index is 12.5. The molecule has 30 heavy (non-hydrogen) atoms. The van der Waals surface area contributed by atoms with Crippen LogP contribution in [0.4, 0.5) is 0 Å². The fourth-order valence-electron chi connectivity index (χ4n) is 6.03. The van der Waals surface area contributed by atoms with E-state index < -0.39 is 18.7 Å². The molecule has 168 valence electrons. The van der Waals surface area contributed by atoms with Crippen molar-refractivity contribution in [3.8, 4) is 0 Å². The topological polar surface area (TPSA) is 83.8 Å². The molecule has 2 N–H and O–H groups in total. The standard InChI is InChI=1S/C25H38O5/c1-5-6-7-8-11-24(2,3)17-13-20(27)23(21(14-17)30-15-22(28)29)25(4)16-9-10-19(26)18(25)12-16/h13-14,16,18,20,23,27H,5-12,15H2,1-4H3,(H,28,29)/t16?,18?,20?,23?,25-/m0/s1. The molecular formula is C25H38O5. The summed E-state index contributed by atoms with van der Waals surface area (Å²) in [4.78, 5) is 23.7. The normalized spacial score (nSPS) is 33.4. The van der Waals surface area contributed by atoms with Gasteiger partial charge in [-0.15, -0.1) is 0 Å². The third-order valence-electron chi connectivity index (χ3n) is 8.04. The first-order valence-electron chi connectivity index (χ1n) is 11.6. The highest BCUT2D eigenvalue weighted by Gasteiger charge is 2.63.